The highest BCUT2D eigenvalue weighted by Gasteiger charge is 2.33. The van der Waals surface area contributed by atoms with Gasteiger partial charge in [-0.3, -0.25) is 0 Å². The highest BCUT2D eigenvalue weighted by atomic mass is 35.5. The van der Waals surface area contributed by atoms with Crippen molar-refractivity contribution >= 4 is 17.9 Å². The van der Waals surface area contributed by atoms with Gasteiger partial charge in [0.05, 0.1) is 5.56 Å². The molecule has 2 aromatic carbocycles. The number of hydrogen-bond donors (Lipinski definition) is 0. The SMILES string of the molecule is O=CCc1ccc(-c2ccc(Cl)cc2)c(C(F)(F)F)c1. The number of halogens is 4. The van der Waals surface area contributed by atoms with Gasteiger partial charge in [0, 0.05) is 11.4 Å². The third-order valence-corrected chi connectivity index (χ3v) is 3.12. The summed E-state index contributed by atoms with van der Waals surface area (Å²) >= 11 is 5.73. The molecule has 0 spiro atoms. The molecule has 0 aromatic heterocycles. The Morgan fingerprint density at radius 1 is 1.05 bits per heavy atom. The Morgan fingerprint density at radius 2 is 1.70 bits per heavy atom. The van der Waals surface area contributed by atoms with Gasteiger partial charge in [0.2, 0.25) is 0 Å². The van der Waals surface area contributed by atoms with E-state index >= 15 is 0 Å². The standard InChI is InChI=1S/C15H10ClF3O/c16-12-4-2-11(3-5-12)13-6-1-10(7-8-20)9-14(13)15(17,18)19/h1-6,8-9H,7H2. The first kappa shape index (κ1) is 14.6. The van der Waals surface area contributed by atoms with E-state index in [1.807, 2.05) is 0 Å². The maximum Gasteiger partial charge on any atom is 0.417 e. The molecule has 0 radical (unpaired) electrons. The lowest BCUT2D eigenvalue weighted by atomic mass is 9.96. The van der Waals surface area contributed by atoms with E-state index in [4.69, 9.17) is 11.6 Å². The Balaban J connectivity index is 2.57. The summed E-state index contributed by atoms with van der Waals surface area (Å²) in [4.78, 5) is 10.4. The molecule has 2 rings (SSSR count). The summed E-state index contributed by atoms with van der Waals surface area (Å²) in [7, 11) is 0. The van der Waals surface area contributed by atoms with Gasteiger partial charge in [-0.05, 0) is 34.9 Å². The Morgan fingerprint density at radius 3 is 2.25 bits per heavy atom. The Labute approximate surface area is 119 Å². The molecule has 104 valence electrons. The largest absolute Gasteiger partial charge is 0.417 e. The average Bonchev–Trinajstić information content (AvgIpc) is 2.39. The lowest BCUT2D eigenvalue weighted by Gasteiger charge is -2.14. The van der Waals surface area contributed by atoms with Crippen LogP contribution in [0.3, 0.4) is 0 Å². The van der Waals surface area contributed by atoms with E-state index in [0.717, 1.165) is 6.07 Å². The van der Waals surface area contributed by atoms with Gasteiger partial charge >= 0.3 is 6.18 Å². The summed E-state index contributed by atoms with van der Waals surface area (Å²) in [5, 5.41) is 0.458. The molecule has 0 amide bonds. The van der Waals surface area contributed by atoms with Crippen molar-refractivity contribution in [2.24, 2.45) is 0 Å². The van der Waals surface area contributed by atoms with Crippen LogP contribution in [0.1, 0.15) is 11.1 Å². The molecular weight excluding hydrogens is 289 g/mol. The number of carbonyl (C=O) groups is 1. The van der Waals surface area contributed by atoms with Crippen molar-refractivity contribution in [2.45, 2.75) is 12.6 Å². The van der Waals surface area contributed by atoms with E-state index in [1.165, 1.54) is 36.4 Å². The zero-order valence-corrected chi connectivity index (χ0v) is 11.0. The maximum atomic E-state index is 13.1. The average molecular weight is 299 g/mol. The van der Waals surface area contributed by atoms with Crippen LogP contribution in [-0.4, -0.2) is 6.29 Å². The van der Waals surface area contributed by atoms with Crippen LogP contribution in [0, 0.1) is 0 Å². The van der Waals surface area contributed by atoms with Gasteiger partial charge in [-0.1, -0.05) is 35.9 Å². The summed E-state index contributed by atoms with van der Waals surface area (Å²) < 4.78 is 39.4. The molecule has 2 aromatic rings. The smallest absolute Gasteiger partial charge is 0.303 e. The van der Waals surface area contributed by atoms with Crippen LogP contribution in [0.4, 0.5) is 13.2 Å². The van der Waals surface area contributed by atoms with Crippen LogP contribution in [0.2, 0.25) is 5.02 Å². The molecule has 0 aliphatic heterocycles. The van der Waals surface area contributed by atoms with Gasteiger partial charge < -0.3 is 4.79 Å². The van der Waals surface area contributed by atoms with Crippen molar-refractivity contribution in [3.8, 4) is 11.1 Å². The number of alkyl halides is 3. The molecule has 0 saturated heterocycles. The van der Waals surface area contributed by atoms with E-state index in [2.05, 4.69) is 0 Å². The molecule has 0 heterocycles. The molecule has 5 heteroatoms. The van der Waals surface area contributed by atoms with Crippen molar-refractivity contribution in [3.63, 3.8) is 0 Å². The van der Waals surface area contributed by atoms with E-state index in [0.29, 0.717) is 22.4 Å². The zero-order chi connectivity index (χ0) is 14.8. The summed E-state index contributed by atoms with van der Waals surface area (Å²) in [6.45, 7) is 0. The molecule has 0 aliphatic rings. The molecule has 0 unspecified atom stereocenters. The Kier molecular flexibility index (Phi) is 4.14. The van der Waals surface area contributed by atoms with Gasteiger partial charge in [0.25, 0.3) is 0 Å². The summed E-state index contributed by atoms with van der Waals surface area (Å²) in [5.74, 6) is 0. The number of hydrogen-bond acceptors (Lipinski definition) is 1. The molecule has 0 bridgehead atoms. The van der Waals surface area contributed by atoms with Crippen molar-refractivity contribution in [2.75, 3.05) is 0 Å². The normalized spacial score (nSPS) is 11.4. The topological polar surface area (TPSA) is 17.1 Å². The second-order valence-corrected chi connectivity index (χ2v) is 4.69. The first-order valence-electron chi connectivity index (χ1n) is 5.81. The number of carbonyl (C=O) groups excluding carboxylic acids is 1. The van der Waals surface area contributed by atoms with Crippen molar-refractivity contribution in [1.82, 2.24) is 0 Å². The predicted octanol–water partition coefficient (Wildman–Crippen LogP) is 4.77. The lowest BCUT2D eigenvalue weighted by molar-refractivity contribution is -0.137. The molecule has 1 nitrogen and oxygen atoms in total. The van der Waals surface area contributed by atoms with Gasteiger partial charge in [-0.25, -0.2) is 0 Å². The fourth-order valence-corrected chi connectivity index (χ4v) is 2.06. The minimum atomic E-state index is -4.48. The van der Waals surface area contributed by atoms with Crippen LogP contribution in [0.25, 0.3) is 11.1 Å². The van der Waals surface area contributed by atoms with Gasteiger partial charge in [-0.2, -0.15) is 13.2 Å². The fraction of sp³-hybridized carbons (Fsp3) is 0.133. The second kappa shape index (κ2) is 5.67. The predicted molar refractivity (Wildman–Crippen MR) is 71.7 cm³/mol. The Bertz CT molecular complexity index is 618. The molecule has 0 aliphatic carbocycles. The van der Waals surface area contributed by atoms with Crippen LogP contribution in [0.15, 0.2) is 42.5 Å². The Hall–Kier alpha value is -1.81. The van der Waals surface area contributed by atoms with Crippen LogP contribution in [0.5, 0.6) is 0 Å². The van der Waals surface area contributed by atoms with E-state index in [1.54, 1.807) is 0 Å². The number of rotatable bonds is 3. The molecule has 0 saturated carbocycles. The maximum absolute atomic E-state index is 13.1. The molecule has 0 atom stereocenters. The first-order valence-corrected chi connectivity index (χ1v) is 6.19. The highest BCUT2D eigenvalue weighted by Crippen LogP contribution is 2.38. The minimum Gasteiger partial charge on any atom is -0.303 e. The number of aldehydes is 1. The van der Waals surface area contributed by atoms with Crippen LogP contribution < -0.4 is 0 Å². The van der Waals surface area contributed by atoms with Crippen molar-refractivity contribution in [3.05, 3.63) is 58.6 Å². The zero-order valence-electron chi connectivity index (χ0n) is 10.2. The molecule has 20 heavy (non-hydrogen) atoms. The quantitative estimate of drug-likeness (QED) is 0.746. The monoisotopic (exact) mass is 298 g/mol. The second-order valence-electron chi connectivity index (χ2n) is 4.26. The highest BCUT2D eigenvalue weighted by molar-refractivity contribution is 6.30. The van der Waals surface area contributed by atoms with Crippen LogP contribution >= 0.6 is 11.6 Å². The minimum absolute atomic E-state index is 0.0377. The summed E-state index contributed by atoms with van der Waals surface area (Å²) in [6.07, 6.45) is -3.94. The molecule has 0 N–H and O–H groups in total. The first-order chi connectivity index (χ1) is 9.41. The molecule has 0 fully saturated rings. The summed E-state index contributed by atoms with van der Waals surface area (Å²) in [6, 6.07) is 10.1. The molecular formula is C15H10ClF3O. The van der Waals surface area contributed by atoms with E-state index < -0.39 is 11.7 Å². The van der Waals surface area contributed by atoms with Gasteiger partial charge in [0.15, 0.2) is 0 Å². The lowest BCUT2D eigenvalue weighted by Crippen LogP contribution is -2.08. The summed E-state index contributed by atoms with van der Waals surface area (Å²) in [5.41, 5.74) is 0.0902. The van der Waals surface area contributed by atoms with Gasteiger partial charge in [0.1, 0.15) is 6.29 Å². The van der Waals surface area contributed by atoms with Gasteiger partial charge in [-0.15, -0.1) is 0 Å². The fourth-order valence-electron chi connectivity index (χ4n) is 1.93. The number of benzene rings is 2. The third kappa shape index (κ3) is 3.20. The van der Waals surface area contributed by atoms with Crippen LogP contribution in [-0.2, 0) is 17.4 Å². The van der Waals surface area contributed by atoms with E-state index in [9.17, 15) is 18.0 Å². The third-order valence-electron chi connectivity index (χ3n) is 2.86. The van der Waals surface area contributed by atoms with E-state index in [-0.39, 0.29) is 12.0 Å². The van der Waals surface area contributed by atoms with Crippen molar-refractivity contribution < 1.29 is 18.0 Å². The van der Waals surface area contributed by atoms with Crippen molar-refractivity contribution in [1.29, 1.82) is 0 Å².